The monoisotopic (exact) mass is 1020 g/mol. The van der Waals surface area contributed by atoms with Crippen molar-refractivity contribution in [3.05, 3.63) is 57.9 Å². The molecule has 69 heavy (non-hydrogen) atoms. The smallest absolute Gasteiger partial charge is 0.347 e. The van der Waals surface area contributed by atoms with Gasteiger partial charge in [0.15, 0.2) is 28.1 Å². The third-order valence-electron chi connectivity index (χ3n) is 11.4. The molecule has 24 heteroatoms. The number of hydrogen-bond acceptors (Lipinski definition) is 18. The minimum atomic E-state index is -4.61. The van der Waals surface area contributed by atoms with Gasteiger partial charge in [0.2, 0.25) is 0 Å². The molecule has 5 rings (SSSR count). The Bertz CT molecular complexity index is 2760. The van der Waals surface area contributed by atoms with Crippen molar-refractivity contribution in [1.29, 1.82) is 0 Å². The molecule has 1 aromatic carbocycles. The van der Waals surface area contributed by atoms with Gasteiger partial charge in [0.1, 0.15) is 14.2 Å². The quantitative estimate of drug-likeness (QED) is 0.0442. The van der Waals surface area contributed by atoms with Gasteiger partial charge in [-0.2, -0.15) is 0 Å². The number of nitrogens with zero attached hydrogens (tertiary/aromatic N) is 1. The third kappa shape index (κ3) is 12.8. The van der Waals surface area contributed by atoms with Crippen LogP contribution in [-0.4, -0.2) is 125 Å². The van der Waals surface area contributed by atoms with Crippen molar-refractivity contribution in [2.45, 2.75) is 120 Å². The standard InChI is InChI=1S/C45H58N6O15S3/c1-10-46-35-19-23(4)68(59,60)45-32(35)22-38(67-45)69(61,62)50-40(54)26(7)64-44(58)28(9)65-43(57)27(8)63-36(52)15-16-37(53)66-29-13-14-33-30(20-29)31(41(55)49-33)21-34-24(5)39(25(6)48-34)42(56)47-17-18-51(11-2)12-3/h13-14,20-23,26-28,35,46,48H,10-12,15-19H2,1-9H3,(H,47,56)(H,49,55)(H,50,54)/b31-21-/t23-,26?,27?,28?,35-/m1/s1. The molecule has 4 heterocycles. The number of amides is 3. The van der Waals surface area contributed by atoms with E-state index >= 15 is 0 Å². The summed E-state index contributed by atoms with van der Waals surface area (Å²) >= 11 is 0.503. The van der Waals surface area contributed by atoms with E-state index in [-0.39, 0.29) is 33.4 Å². The van der Waals surface area contributed by atoms with Crippen molar-refractivity contribution in [2.24, 2.45) is 0 Å². The molecule has 0 fully saturated rings. The highest BCUT2D eigenvalue weighted by Gasteiger charge is 2.40. The second-order valence-corrected chi connectivity index (χ2v) is 21.9. The first-order valence-corrected chi connectivity index (χ1v) is 26.1. The van der Waals surface area contributed by atoms with Crippen LogP contribution < -0.4 is 25.4 Å². The summed E-state index contributed by atoms with van der Waals surface area (Å²) in [7, 11) is -8.42. The Labute approximate surface area is 404 Å². The number of anilines is 1. The Morgan fingerprint density at radius 3 is 2.22 bits per heavy atom. The van der Waals surface area contributed by atoms with E-state index in [9.17, 15) is 50.4 Å². The van der Waals surface area contributed by atoms with Gasteiger partial charge in [0, 0.05) is 47.3 Å². The summed E-state index contributed by atoms with van der Waals surface area (Å²) in [5, 5.41) is 8.09. The van der Waals surface area contributed by atoms with Crippen LogP contribution in [0.3, 0.4) is 0 Å². The Morgan fingerprint density at radius 2 is 1.57 bits per heavy atom. The maximum Gasteiger partial charge on any atom is 0.347 e. The number of hydrogen-bond donors (Lipinski definition) is 5. The molecule has 0 radical (unpaired) electrons. The van der Waals surface area contributed by atoms with Crippen LogP contribution in [-0.2, 0) is 62.8 Å². The Kier molecular flexibility index (Phi) is 17.7. The highest BCUT2D eigenvalue weighted by molar-refractivity contribution is 7.95. The van der Waals surface area contributed by atoms with Crippen molar-refractivity contribution in [2.75, 3.05) is 38.0 Å². The first-order chi connectivity index (χ1) is 32.4. The van der Waals surface area contributed by atoms with Gasteiger partial charge in [-0.25, -0.2) is 31.1 Å². The van der Waals surface area contributed by atoms with Gasteiger partial charge in [-0.3, -0.25) is 24.0 Å². The molecular formula is C45H58N6O15S3. The number of rotatable bonds is 21. The first-order valence-electron chi connectivity index (χ1n) is 22.3. The Balaban J connectivity index is 1.09. The number of aromatic nitrogens is 1. The normalized spacial score (nSPS) is 18.0. The number of ether oxygens (including phenoxy) is 4. The lowest BCUT2D eigenvalue weighted by atomic mass is 10.0. The molecule has 0 saturated heterocycles. The van der Waals surface area contributed by atoms with Gasteiger partial charge in [-0.1, -0.05) is 20.8 Å². The second-order valence-electron chi connectivity index (χ2n) is 16.4. The van der Waals surface area contributed by atoms with Gasteiger partial charge < -0.3 is 44.8 Å². The minimum absolute atomic E-state index is 0.0693. The molecule has 2 aromatic heterocycles. The SMILES string of the molecule is CCN[C@@H]1C[C@@H](C)S(=O)(=O)c2sc(S(=O)(=O)NC(=O)C(C)OC(=O)C(C)OC(=O)C(C)OC(=O)CCC(=O)Oc3ccc4c(c3)/C(=C/c3[nH]c(C)c(C(=O)NCCN(CC)CC)c3C)C(=O)N4)cc21. The lowest BCUT2D eigenvalue weighted by Crippen LogP contribution is -2.41. The summed E-state index contributed by atoms with van der Waals surface area (Å²) in [5.74, 6) is -6.11. The zero-order valence-corrected chi connectivity index (χ0v) is 42.2. The van der Waals surface area contributed by atoms with E-state index in [1.54, 1.807) is 30.7 Å². The number of carbonyl (C=O) groups is 7. The van der Waals surface area contributed by atoms with Crippen LogP contribution in [0.4, 0.5) is 5.69 Å². The number of esters is 4. The van der Waals surface area contributed by atoms with Crippen LogP contribution in [0.15, 0.2) is 32.7 Å². The molecule has 21 nitrogen and oxygen atoms in total. The average molecular weight is 1020 g/mol. The van der Waals surface area contributed by atoms with Gasteiger partial charge >= 0.3 is 23.9 Å². The number of thiophene rings is 1. The van der Waals surface area contributed by atoms with Crippen molar-refractivity contribution >= 4 is 90.1 Å². The van der Waals surface area contributed by atoms with Gasteiger partial charge in [-0.05, 0) is 104 Å². The Morgan fingerprint density at radius 1 is 0.928 bits per heavy atom. The van der Waals surface area contributed by atoms with Crippen molar-refractivity contribution in [3.8, 4) is 5.75 Å². The van der Waals surface area contributed by atoms with E-state index in [4.69, 9.17) is 18.9 Å². The molecule has 2 aliphatic rings. The number of fused-ring (bicyclic) bond motifs is 2. The fourth-order valence-electron chi connectivity index (χ4n) is 7.50. The fraction of sp³-hybridized carbons (Fsp3) is 0.489. The van der Waals surface area contributed by atoms with E-state index in [0.717, 1.165) is 33.9 Å². The fourth-order valence-corrected chi connectivity index (χ4v) is 12.5. The van der Waals surface area contributed by atoms with Crippen molar-refractivity contribution < 1.29 is 69.3 Å². The number of aryl methyl sites for hydroxylation is 1. The molecule has 0 aliphatic carbocycles. The number of likely N-dealkylation sites (N-methyl/N-ethyl adjacent to an activating group) is 1. The van der Waals surface area contributed by atoms with Crippen molar-refractivity contribution in [3.63, 3.8) is 0 Å². The molecule has 376 valence electrons. The van der Waals surface area contributed by atoms with E-state index in [1.807, 2.05) is 20.8 Å². The lowest BCUT2D eigenvalue weighted by Gasteiger charge is -2.27. The minimum Gasteiger partial charge on any atom is -0.451 e. The Hall–Kier alpha value is -5.95. The molecule has 5 atom stereocenters. The van der Waals surface area contributed by atoms with Crippen LogP contribution in [0.25, 0.3) is 11.6 Å². The topological polar surface area (TPSA) is 292 Å². The van der Waals surface area contributed by atoms with E-state index in [0.29, 0.717) is 64.7 Å². The van der Waals surface area contributed by atoms with Crippen LogP contribution in [0.1, 0.15) is 112 Å². The largest absolute Gasteiger partial charge is 0.451 e. The van der Waals surface area contributed by atoms with Crippen LogP contribution in [0.5, 0.6) is 5.75 Å². The first kappa shape index (κ1) is 54.0. The number of nitrogens with one attached hydrogen (secondary N) is 5. The number of carbonyl (C=O) groups excluding carboxylic acids is 7. The summed E-state index contributed by atoms with van der Waals surface area (Å²) in [6.45, 7) is 17.7. The number of sulfone groups is 1. The van der Waals surface area contributed by atoms with E-state index in [1.165, 1.54) is 25.1 Å². The highest BCUT2D eigenvalue weighted by Crippen LogP contribution is 2.43. The van der Waals surface area contributed by atoms with Gasteiger partial charge in [0.05, 0.1) is 29.2 Å². The average Bonchev–Trinajstić information content (AvgIpc) is 3.97. The molecule has 3 amide bonds. The summed E-state index contributed by atoms with van der Waals surface area (Å²) in [6, 6.07) is 5.25. The predicted molar refractivity (Wildman–Crippen MR) is 252 cm³/mol. The number of sulfonamides is 1. The van der Waals surface area contributed by atoms with Gasteiger partial charge in [0.25, 0.3) is 27.7 Å². The lowest BCUT2D eigenvalue weighted by molar-refractivity contribution is -0.179. The van der Waals surface area contributed by atoms with Crippen LogP contribution >= 0.6 is 11.3 Å². The zero-order valence-electron chi connectivity index (χ0n) is 39.7. The zero-order chi connectivity index (χ0) is 51.1. The molecule has 3 unspecified atom stereocenters. The maximum atomic E-state index is 13.2. The summed E-state index contributed by atoms with van der Waals surface area (Å²) in [6.07, 6.45) is -4.09. The summed E-state index contributed by atoms with van der Waals surface area (Å²) < 4.78 is 74.1. The maximum absolute atomic E-state index is 13.2. The van der Waals surface area contributed by atoms with Gasteiger partial charge in [-0.15, -0.1) is 11.3 Å². The predicted octanol–water partition coefficient (Wildman–Crippen LogP) is 3.46. The summed E-state index contributed by atoms with van der Waals surface area (Å²) in [4.78, 5) is 95.2. The number of H-pyrrole nitrogens is 1. The molecule has 0 bridgehead atoms. The second kappa shape index (κ2) is 22.6. The van der Waals surface area contributed by atoms with Crippen LogP contribution in [0.2, 0.25) is 0 Å². The number of benzene rings is 1. The number of aromatic amines is 1. The van der Waals surface area contributed by atoms with Crippen molar-refractivity contribution in [1.82, 2.24) is 25.2 Å². The third-order valence-corrected chi connectivity index (χ3v) is 17.2. The summed E-state index contributed by atoms with van der Waals surface area (Å²) in [5.41, 5.74) is 3.70. The van der Waals surface area contributed by atoms with E-state index in [2.05, 4.69) is 25.8 Å². The van der Waals surface area contributed by atoms with E-state index < -0.39 is 102 Å². The molecule has 2 aliphatic heterocycles. The molecule has 5 N–H and O–H groups in total. The van der Waals surface area contributed by atoms with Crippen LogP contribution in [0, 0.1) is 13.8 Å². The molecular weight excluding hydrogens is 961 g/mol. The highest BCUT2D eigenvalue weighted by atomic mass is 32.3. The molecule has 0 saturated carbocycles. The molecule has 0 spiro atoms. The molecule has 3 aromatic rings.